The van der Waals surface area contributed by atoms with Gasteiger partial charge in [0.1, 0.15) is 0 Å². The number of carbonyl (C=O) groups is 2. The van der Waals surface area contributed by atoms with Crippen LogP contribution in [0.15, 0.2) is 66.7 Å². The topological polar surface area (TPSA) is 52.7 Å². The van der Waals surface area contributed by atoms with Gasteiger partial charge >= 0.3 is 0 Å². The van der Waals surface area contributed by atoms with Crippen molar-refractivity contribution in [2.45, 2.75) is 92.2 Å². The fourth-order valence-corrected chi connectivity index (χ4v) is 5.85. The number of nitrogens with one attached hydrogen (secondary N) is 1. The van der Waals surface area contributed by atoms with Gasteiger partial charge < -0.3 is 15.1 Å². The minimum Gasteiger partial charge on any atom is -0.331 e. The highest BCUT2D eigenvalue weighted by Crippen LogP contribution is 2.25. The molecule has 1 aliphatic rings. The fraction of sp³-hybridized carbons (Fsp3) is 0.474. The van der Waals surface area contributed by atoms with Gasteiger partial charge in [-0.05, 0) is 98.2 Å². The Balaban J connectivity index is 0.00000271. The summed E-state index contributed by atoms with van der Waals surface area (Å²) < 4.78 is 0. The van der Waals surface area contributed by atoms with Crippen molar-refractivity contribution < 1.29 is 9.59 Å². The van der Waals surface area contributed by atoms with E-state index < -0.39 is 0 Å². The van der Waals surface area contributed by atoms with Crippen LogP contribution in [-0.2, 0) is 13.0 Å². The van der Waals surface area contributed by atoms with Crippen LogP contribution in [-0.4, -0.2) is 47.3 Å². The Kier molecular flexibility index (Phi) is 15.4. The Labute approximate surface area is 281 Å². The number of unbranched alkanes of at least 4 members (excludes halogenated alkanes) is 2. The number of nitrogens with zero attached hydrogens (tertiary/aromatic N) is 2. The lowest BCUT2D eigenvalue weighted by molar-refractivity contribution is 0.0546. The molecule has 3 aromatic rings. The summed E-state index contributed by atoms with van der Waals surface area (Å²) >= 11 is 12.1. The molecule has 1 fully saturated rings. The number of rotatable bonds is 13. The molecule has 7 heteroatoms. The molecule has 1 heterocycles. The number of likely N-dealkylation sites (tertiary alicyclic amines) is 1. The predicted molar refractivity (Wildman–Crippen MR) is 191 cm³/mol. The highest BCUT2D eigenvalue weighted by atomic mass is 35.5. The maximum absolute atomic E-state index is 14.0. The summed E-state index contributed by atoms with van der Waals surface area (Å²) in [7, 11) is 0. The molecule has 244 valence electrons. The first kappa shape index (κ1) is 36.6. The molecule has 0 bridgehead atoms. The van der Waals surface area contributed by atoms with Crippen molar-refractivity contribution in [3.05, 3.63) is 99.0 Å². The molecule has 0 aliphatic carbocycles. The standard InChI is InChI=1S/C36H45Cl2N3O2.C2H6/c1-4-5-6-7-27-8-12-29(13-9-27)36(43)41(32-19-22-40(23-20-32)21-18-26(2)3)25-28-10-15-31(16-11-28)39-35(42)30-14-17-33(37)34(38)24-30;1-2/h8-17,24,26,32H,4-7,18-23,25H2,1-3H3,(H,39,42);1-2H3. The van der Waals surface area contributed by atoms with Gasteiger partial charge in [0, 0.05) is 42.5 Å². The van der Waals surface area contributed by atoms with Crippen molar-refractivity contribution in [3.8, 4) is 0 Å². The Morgan fingerprint density at radius 2 is 1.49 bits per heavy atom. The molecule has 0 aromatic heterocycles. The zero-order chi connectivity index (χ0) is 32.8. The van der Waals surface area contributed by atoms with Crippen LogP contribution >= 0.6 is 23.2 Å². The van der Waals surface area contributed by atoms with E-state index in [9.17, 15) is 9.59 Å². The summed E-state index contributed by atoms with van der Waals surface area (Å²) in [6.07, 6.45) is 7.79. The van der Waals surface area contributed by atoms with Crippen molar-refractivity contribution >= 4 is 40.7 Å². The average molecular weight is 653 g/mol. The molecule has 45 heavy (non-hydrogen) atoms. The fourth-order valence-electron chi connectivity index (χ4n) is 5.55. The summed E-state index contributed by atoms with van der Waals surface area (Å²) in [6, 6.07) is 21.0. The summed E-state index contributed by atoms with van der Waals surface area (Å²) in [4.78, 5) is 31.3. The second kappa shape index (κ2) is 19.0. The largest absolute Gasteiger partial charge is 0.331 e. The average Bonchev–Trinajstić information content (AvgIpc) is 3.06. The summed E-state index contributed by atoms with van der Waals surface area (Å²) in [5.41, 5.74) is 4.17. The lowest BCUT2D eigenvalue weighted by Crippen LogP contribution is -2.47. The molecule has 1 N–H and O–H groups in total. The van der Waals surface area contributed by atoms with Crippen molar-refractivity contribution in [1.29, 1.82) is 0 Å². The monoisotopic (exact) mass is 651 g/mol. The van der Waals surface area contributed by atoms with Gasteiger partial charge in [0.05, 0.1) is 10.0 Å². The molecule has 0 saturated carbocycles. The first-order valence-electron chi connectivity index (χ1n) is 16.7. The van der Waals surface area contributed by atoms with E-state index in [0.29, 0.717) is 33.8 Å². The van der Waals surface area contributed by atoms with Gasteiger partial charge in [-0.25, -0.2) is 0 Å². The number of halogens is 2. The molecule has 5 nitrogen and oxygen atoms in total. The maximum atomic E-state index is 14.0. The van der Waals surface area contributed by atoms with Crippen LogP contribution in [0.2, 0.25) is 10.0 Å². The third kappa shape index (κ3) is 11.5. The van der Waals surface area contributed by atoms with Gasteiger partial charge in [-0.1, -0.05) is 94.9 Å². The summed E-state index contributed by atoms with van der Waals surface area (Å²) in [5, 5.41) is 3.67. The van der Waals surface area contributed by atoms with Crippen LogP contribution in [0, 0.1) is 5.92 Å². The van der Waals surface area contributed by atoms with Gasteiger partial charge in [0.15, 0.2) is 0 Å². The van der Waals surface area contributed by atoms with E-state index in [1.165, 1.54) is 31.2 Å². The molecule has 0 radical (unpaired) electrons. The zero-order valence-electron chi connectivity index (χ0n) is 27.8. The number of benzene rings is 3. The molecular weight excluding hydrogens is 601 g/mol. The molecule has 2 amide bonds. The van der Waals surface area contributed by atoms with Gasteiger partial charge in [0.25, 0.3) is 11.8 Å². The van der Waals surface area contributed by atoms with Crippen LogP contribution in [0.1, 0.15) is 105 Å². The number of hydrogen-bond acceptors (Lipinski definition) is 3. The summed E-state index contributed by atoms with van der Waals surface area (Å²) in [6.45, 7) is 14.4. The van der Waals surface area contributed by atoms with Gasteiger partial charge in [-0.15, -0.1) is 0 Å². The van der Waals surface area contributed by atoms with E-state index in [4.69, 9.17) is 23.2 Å². The lowest BCUT2D eigenvalue weighted by Gasteiger charge is -2.39. The number of hydrogen-bond donors (Lipinski definition) is 1. The van der Waals surface area contributed by atoms with E-state index in [1.807, 2.05) is 50.2 Å². The molecule has 0 atom stereocenters. The Morgan fingerprint density at radius 1 is 0.867 bits per heavy atom. The molecule has 4 rings (SSSR count). The Morgan fingerprint density at radius 3 is 2.09 bits per heavy atom. The normalized spacial score (nSPS) is 13.7. The first-order valence-corrected chi connectivity index (χ1v) is 17.5. The molecule has 1 saturated heterocycles. The Bertz CT molecular complexity index is 1330. The Hall–Kier alpha value is -2.86. The van der Waals surface area contributed by atoms with E-state index >= 15 is 0 Å². The second-order valence-corrected chi connectivity index (χ2v) is 12.9. The lowest BCUT2D eigenvalue weighted by atomic mass is 9.99. The molecule has 0 unspecified atom stereocenters. The minimum atomic E-state index is -0.259. The van der Waals surface area contributed by atoms with Gasteiger partial charge in [0.2, 0.25) is 0 Å². The smallest absolute Gasteiger partial charge is 0.255 e. The van der Waals surface area contributed by atoms with Gasteiger partial charge in [-0.3, -0.25) is 9.59 Å². The minimum absolute atomic E-state index is 0.0812. The van der Waals surface area contributed by atoms with Crippen LogP contribution in [0.5, 0.6) is 0 Å². The van der Waals surface area contributed by atoms with Gasteiger partial charge in [-0.2, -0.15) is 0 Å². The maximum Gasteiger partial charge on any atom is 0.255 e. The molecule has 3 aromatic carbocycles. The number of aryl methyl sites for hydroxylation is 1. The SMILES string of the molecule is CC.CCCCCc1ccc(C(=O)N(Cc2ccc(NC(=O)c3ccc(Cl)c(Cl)c3)cc2)C2CCN(CCC(C)C)CC2)cc1. The van der Waals surface area contributed by atoms with Crippen molar-refractivity contribution in [2.24, 2.45) is 5.92 Å². The van der Waals surface area contributed by atoms with Crippen LogP contribution in [0.4, 0.5) is 5.69 Å². The van der Waals surface area contributed by atoms with Crippen molar-refractivity contribution in [1.82, 2.24) is 9.80 Å². The first-order chi connectivity index (χ1) is 21.7. The zero-order valence-corrected chi connectivity index (χ0v) is 29.3. The van der Waals surface area contributed by atoms with Crippen molar-refractivity contribution in [2.75, 3.05) is 25.0 Å². The second-order valence-electron chi connectivity index (χ2n) is 12.1. The van der Waals surface area contributed by atoms with E-state index in [2.05, 4.69) is 48.0 Å². The van der Waals surface area contributed by atoms with E-state index in [1.54, 1.807) is 18.2 Å². The predicted octanol–water partition coefficient (Wildman–Crippen LogP) is 10.2. The molecule has 0 spiro atoms. The van der Waals surface area contributed by atoms with Crippen molar-refractivity contribution in [3.63, 3.8) is 0 Å². The third-order valence-corrected chi connectivity index (χ3v) is 9.04. The molecule has 1 aliphatic heterocycles. The highest BCUT2D eigenvalue weighted by Gasteiger charge is 2.29. The van der Waals surface area contributed by atoms with E-state index in [0.717, 1.165) is 50.0 Å². The number of amides is 2. The summed E-state index contributed by atoms with van der Waals surface area (Å²) in [5.74, 6) is 0.515. The number of carbonyl (C=O) groups excluding carboxylic acids is 2. The van der Waals surface area contributed by atoms with Crippen LogP contribution < -0.4 is 5.32 Å². The molecular formula is C38H51Cl2N3O2. The quantitative estimate of drug-likeness (QED) is 0.187. The number of piperidine rings is 1. The third-order valence-electron chi connectivity index (χ3n) is 8.30. The van der Waals surface area contributed by atoms with E-state index in [-0.39, 0.29) is 17.9 Å². The highest BCUT2D eigenvalue weighted by molar-refractivity contribution is 6.42. The van der Waals surface area contributed by atoms with Crippen LogP contribution in [0.25, 0.3) is 0 Å². The van der Waals surface area contributed by atoms with Crippen LogP contribution in [0.3, 0.4) is 0 Å². The number of anilines is 1.